The molecule has 212 valence electrons. The molecule has 3 saturated heterocycles. The van der Waals surface area contributed by atoms with Gasteiger partial charge < -0.3 is 9.47 Å². The summed E-state index contributed by atoms with van der Waals surface area (Å²) in [7, 11) is 0. The number of carbonyl (C=O) groups is 1. The number of likely N-dealkylation sites (tertiary alicyclic amines) is 1. The van der Waals surface area contributed by atoms with E-state index in [9.17, 15) is 4.79 Å². The van der Waals surface area contributed by atoms with Crippen molar-refractivity contribution < 1.29 is 4.79 Å². The molecule has 39 heavy (non-hydrogen) atoms. The fraction of sp³-hybridized carbons (Fsp3) is 0.765. The molecule has 5 aliphatic rings. The number of rotatable bonds is 6. The molecule has 5 fully saturated rings. The molecule has 4 bridgehead atoms. The number of fused-ring (bicyclic) bond motifs is 5. The number of benzene rings is 1. The van der Waals surface area contributed by atoms with Crippen LogP contribution in [-0.4, -0.2) is 62.9 Å². The lowest BCUT2D eigenvalue weighted by atomic mass is 9.73. The Hall–Kier alpha value is -1.72. The third-order valence-corrected chi connectivity index (χ3v) is 11.4. The first-order valence-corrected chi connectivity index (χ1v) is 16.6. The first-order valence-electron chi connectivity index (χ1n) is 16.6. The smallest absolute Gasteiger partial charge is 0.131 e. The van der Waals surface area contributed by atoms with Gasteiger partial charge in [-0.3, -0.25) is 9.69 Å². The quantitative estimate of drug-likeness (QED) is 0.399. The van der Waals surface area contributed by atoms with Crippen LogP contribution < -0.4 is 0 Å². The van der Waals surface area contributed by atoms with Crippen molar-refractivity contribution in [2.75, 3.05) is 19.6 Å². The largest absolute Gasteiger partial charge is 0.324 e. The van der Waals surface area contributed by atoms with Crippen LogP contribution in [0.2, 0.25) is 0 Å². The van der Waals surface area contributed by atoms with E-state index >= 15 is 0 Å². The van der Waals surface area contributed by atoms with Gasteiger partial charge in [0, 0.05) is 49.6 Å². The molecule has 0 spiro atoms. The maximum absolute atomic E-state index is 11.7. The number of nitrogens with zero attached hydrogens (tertiary/aromatic N) is 4. The number of aromatic nitrogens is 2. The third kappa shape index (κ3) is 5.35. The second-order valence-electron chi connectivity index (χ2n) is 14.1. The predicted molar refractivity (Wildman–Crippen MR) is 158 cm³/mol. The molecule has 7 atom stereocenters. The average Bonchev–Trinajstić information content (AvgIpc) is 3.25. The second kappa shape index (κ2) is 11.3. The van der Waals surface area contributed by atoms with Crippen molar-refractivity contribution in [1.82, 2.24) is 19.4 Å². The number of imidazole rings is 1. The van der Waals surface area contributed by atoms with Crippen LogP contribution in [0.1, 0.15) is 121 Å². The molecule has 3 aliphatic heterocycles. The monoisotopic (exact) mass is 530 g/mol. The number of hydrogen-bond acceptors (Lipinski definition) is 4. The molecule has 1 aromatic heterocycles. The lowest BCUT2D eigenvalue weighted by Crippen LogP contribution is -2.58. The van der Waals surface area contributed by atoms with E-state index in [0.717, 1.165) is 49.6 Å². The normalized spacial score (nSPS) is 36.1. The highest BCUT2D eigenvalue weighted by atomic mass is 16.1. The predicted octanol–water partition coefficient (Wildman–Crippen LogP) is 7.11. The Bertz CT molecular complexity index is 1130. The van der Waals surface area contributed by atoms with E-state index in [4.69, 9.17) is 4.98 Å². The van der Waals surface area contributed by atoms with Crippen LogP contribution in [0.4, 0.5) is 0 Å². The van der Waals surface area contributed by atoms with E-state index in [1.807, 2.05) is 0 Å². The van der Waals surface area contributed by atoms with Crippen LogP contribution >= 0.6 is 0 Å². The minimum atomic E-state index is 0.305. The topological polar surface area (TPSA) is 41.4 Å². The lowest BCUT2D eigenvalue weighted by Gasteiger charge is -2.55. The highest BCUT2D eigenvalue weighted by Crippen LogP contribution is 2.48. The average molecular weight is 531 g/mol. The molecule has 0 amide bonds. The van der Waals surface area contributed by atoms with Gasteiger partial charge in [-0.2, -0.15) is 0 Å². The number of piperidine rings is 3. The van der Waals surface area contributed by atoms with E-state index in [-0.39, 0.29) is 0 Å². The van der Waals surface area contributed by atoms with E-state index in [1.54, 1.807) is 6.92 Å². The van der Waals surface area contributed by atoms with Gasteiger partial charge in [0.1, 0.15) is 11.6 Å². The summed E-state index contributed by atoms with van der Waals surface area (Å²) < 4.78 is 2.73. The maximum atomic E-state index is 11.7. The van der Waals surface area contributed by atoms with Crippen molar-refractivity contribution in [3.05, 3.63) is 30.1 Å². The summed E-state index contributed by atoms with van der Waals surface area (Å²) in [5, 5.41) is 0. The van der Waals surface area contributed by atoms with Crippen LogP contribution in [-0.2, 0) is 4.79 Å². The summed E-state index contributed by atoms with van der Waals surface area (Å²) >= 11 is 0. The van der Waals surface area contributed by atoms with Gasteiger partial charge in [0.2, 0.25) is 0 Å². The molecule has 4 heterocycles. The number of hydrogen-bond donors (Lipinski definition) is 0. The zero-order chi connectivity index (χ0) is 26.3. The molecule has 5 nitrogen and oxygen atoms in total. The first-order chi connectivity index (χ1) is 19.1. The SMILES string of the molecule is CC(=O)CCN1CCC[C@H](c2nc3ccccc3n2C2C[C@H]3CCC[C@@H](C2)N3C2C[C@H]3CCCC[C@@H](C2)C3)C1. The van der Waals surface area contributed by atoms with Gasteiger partial charge in [-0.25, -0.2) is 4.98 Å². The Morgan fingerprint density at radius 1 is 0.821 bits per heavy atom. The zero-order valence-electron chi connectivity index (χ0n) is 24.3. The second-order valence-corrected chi connectivity index (χ2v) is 14.1. The van der Waals surface area contributed by atoms with E-state index in [2.05, 4.69) is 38.6 Å². The fourth-order valence-electron chi connectivity index (χ4n) is 9.83. The Balaban J connectivity index is 1.15. The van der Waals surface area contributed by atoms with Crippen molar-refractivity contribution >= 4 is 16.8 Å². The molecular weight excluding hydrogens is 480 g/mol. The summed E-state index contributed by atoms with van der Waals surface area (Å²) in [5.41, 5.74) is 2.53. The highest BCUT2D eigenvalue weighted by Gasteiger charge is 2.45. The van der Waals surface area contributed by atoms with Crippen molar-refractivity contribution in [1.29, 1.82) is 0 Å². The lowest BCUT2D eigenvalue weighted by molar-refractivity contribution is -0.117. The summed E-state index contributed by atoms with van der Waals surface area (Å²) in [6.45, 7) is 4.80. The van der Waals surface area contributed by atoms with E-state index in [1.165, 1.54) is 107 Å². The molecule has 0 N–H and O–H groups in total. The first kappa shape index (κ1) is 26.2. The summed E-state index contributed by atoms with van der Waals surface area (Å²) in [4.78, 5) is 22.7. The van der Waals surface area contributed by atoms with Crippen LogP contribution in [0.25, 0.3) is 11.0 Å². The molecule has 2 aromatic rings. The summed E-state index contributed by atoms with van der Waals surface area (Å²) in [6, 6.07) is 11.8. The Morgan fingerprint density at radius 3 is 2.31 bits per heavy atom. The number of ketones is 1. The maximum Gasteiger partial charge on any atom is 0.131 e. The van der Waals surface area contributed by atoms with Gasteiger partial charge in [-0.05, 0) is 95.2 Å². The van der Waals surface area contributed by atoms with Gasteiger partial charge in [-0.15, -0.1) is 0 Å². The van der Waals surface area contributed by atoms with E-state index < -0.39 is 0 Å². The fourth-order valence-corrected chi connectivity index (χ4v) is 9.83. The number of Topliss-reactive ketones (excluding diaryl/α,β-unsaturated/α-hetero) is 1. The molecule has 1 aromatic carbocycles. The zero-order valence-corrected chi connectivity index (χ0v) is 24.3. The molecular formula is C34H50N4O. The van der Waals surface area contributed by atoms with Crippen LogP contribution in [0.3, 0.4) is 0 Å². The van der Waals surface area contributed by atoms with E-state index in [0.29, 0.717) is 24.2 Å². The van der Waals surface area contributed by atoms with Crippen LogP contribution in [0.15, 0.2) is 24.3 Å². The molecule has 7 rings (SSSR count). The van der Waals surface area contributed by atoms with Crippen molar-refractivity contribution in [3.8, 4) is 0 Å². The minimum Gasteiger partial charge on any atom is -0.324 e. The standard InChI is InChI=1S/C34H50N4O/c1-24(39)15-17-36-16-7-10-27(23-36)34-35-32-13-4-5-14-33(32)38(34)31-21-28-11-6-12-29(22-31)37(28)30-19-25-8-2-3-9-26(18-25)20-30/h4-5,13-14,25-31H,2-3,6-12,15-23H2,1H3/t25-,26+,27-,28-,29+,30?,31?/m0/s1. The van der Waals surface area contributed by atoms with Gasteiger partial charge in [-0.1, -0.05) is 44.2 Å². The summed E-state index contributed by atoms with van der Waals surface area (Å²) in [6.07, 6.45) is 20.3. The molecule has 0 radical (unpaired) electrons. The van der Waals surface area contributed by atoms with Gasteiger partial charge >= 0.3 is 0 Å². The Morgan fingerprint density at radius 2 is 1.56 bits per heavy atom. The molecule has 5 heteroatoms. The minimum absolute atomic E-state index is 0.305. The van der Waals surface area contributed by atoms with Crippen LogP contribution in [0, 0.1) is 11.8 Å². The Labute approximate surface area is 235 Å². The highest BCUT2D eigenvalue weighted by molar-refractivity contribution is 5.76. The van der Waals surface area contributed by atoms with Crippen molar-refractivity contribution in [2.24, 2.45) is 11.8 Å². The molecule has 2 saturated carbocycles. The van der Waals surface area contributed by atoms with Gasteiger partial charge in [0.05, 0.1) is 11.0 Å². The number of carbonyl (C=O) groups excluding carboxylic acids is 1. The third-order valence-electron chi connectivity index (χ3n) is 11.4. The van der Waals surface area contributed by atoms with Crippen molar-refractivity contribution in [3.63, 3.8) is 0 Å². The molecule has 2 unspecified atom stereocenters. The summed E-state index contributed by atoms with van der Waals surface area (Å²) in [5.74, 6) is 4.11. The Kier molecular flexibility index (Phi) is 7.57. The number of para-hydroxylation sites is 2. The van der Waals surface area contributed by atoms with Gasteiger partial charge in [0.15, 0.2) is 0 Å². The van der Waals surface area contributed by atoms with Crippen LogP contribution in [0.5, 0.6) is 0 Å². The van der Waals surface area contributed by atoms with Gasteiger partial charge in [0.25, 0.3) is 0 Å². The van der Waals surface area contributed by atoms with Crippen molar-refractivity contribution in [2.45, 2.75) is 133 Å². The molecule has 2 aliphatic carbocycles.